The fraction of sp³-hybridized carbons (Fsp3) is 0.421. The second-order valence-corrected chi connectivity index (χ2v) is 7.21. The molecule has 5 nitrogen and oxygen atoms in total. The van der Waals surface area contributed by atoms with Gasteiger partial charge in [0.05, 0.1) is 11.3 Å². The maximum absolute atomic E-state index is 12.7. The predicted molar refractivity (Wildman–Crippen MR) is 102 cm³/mol. The summed E-state index contributed by atoms with van der Waals surface area (Å²) in [5, 5.41) is 4.88. The van der Waals surface area contributed by atoms with E-state index < -0.39 is 23.6 Å². The summed E-state index contributed by atoms with van der Waals surface area (Å²) in [6.07, 6.45) is -1.95. The molecule has 1 heterocycles. The minimum absolute atomic E-state index is 0.113. The summed E-state index contributed by atoms with van der Waals surface area (Å²) in [6.45, 7) is 3.97. The van der Waals surface area contributed by atoms with Crippen LogP contribution in [0.15, 0.2) is 29.6 Å². The van der Waals surface area contributed by atoms with Gasteiger partial charge in [-0.3, -0.25) is 9.59 Å². The summed E-state index contributed by atoms with van der Waals surface area (Å²) < 4.78 is 38.1. The Morgan fingerprint density at radius 1 is 1.18 bits per heavy atom. The van der Waals surface area contributed by atoms with Gasteiger partial charge in [-0.05, 0) is 37.6 Å². The number of nitrogens with zero attached hydrogens (tertiary/aromatic N) is 2. The number of thiazole rings is 1. The van der Waals surface area contributed by atoms with Crippen LogP contribution in [0.3, 0.4) is 0 Å². The number of amides is 2. The molecule has 2 rings (SSSR count). The van der Waals surface area contributed by atoms with Crippen molar-refractivity contribution in [1.29, 1.82) is 0 Å². The number of nitrogens with one attached hydrogen (secondary N) is 1. The molecule has 0 aliphatic heterocycles. The number of halogens is 3. The van der Waals surface area contributed by atoms with Gasteiger partial charge < -0.3 is 10.2 Å². The van der Waals surface area contributed by atoms with E-state index in [-0.39, 0.29) is 12.1 Å². The number of hydrogen-bond acceptors (Lipinski definition) is 4. The van der Waals surface area contributed by atoms with Gasteiger partial charge in [0.25, 0.3) is 5.91 Å². The highest BCUT2D eigenvalue weighted by atomic mass is 32.1. The number of unbranched alkanes of at least 4 members (excludes halogenated alkanes) is 2. The second kappa shape index (κ2) is 9.68. The van der Waals surface area contributed by atoms with Crippen molar-refractivity contribution in [3.05, 3.63) is 46.5 Å². The highest BCUT2D eigenvalue weighted by molar-refractivity contribution is 7.13. The van der Waals surface area contributed by atoms with Gasteiger partial charge in [0.2, 0.25) is 5.91 Å². The molecule has 0 aliphatic rings. The maximum atomic E-state index is 12.7. The number of anilines is 1. The first-order chi connectivity index (χ1) is 13.2. The Bertz CT molecular complexity index is 804. The summed E-state index contributed by atoms with van der Waals surface area (Å²) in [5.74, 6) is -0.874. The molecule has 0 saturated heterocycles. The smallest absolute Gasteiger partial charge is 0.329 e. The van der Waals surface area contributed by atoms with Crippen LogP contribution in [0.5, 0.6) is 0 Å². The van der Waals surface area contributed by atoms with Crippen molar-refractivity contribution in [2.75, 3.05) is 18.4 Å². The number of aryl methyl sites for hydroxylation is 1. The highest BCUT2D eigenvalue weighted by Gasteiger charge is 2.30. The summed E-state index contributed by atoms with van der Waals surface area (Å²) in [4.78, 5) is 30.5. The fourth-order valence-corrected chi connectivity index (χ4v) is 3.24. The lowest BCUT2D eigenvalue weighted by Gasteiger charge is -2.22. The third-order valence-electron chi connectivity index (χ3n) is 3.98. The van der Waals surface area contributed by atoms with Crippen LogP contribution in [-0.2, 0) is 11.0 Å². The number of carbonyl (C=O) groups excluding carboxylic acids is 2. The lowest BCUT2D eigenvalue weighted by atomic mass is 10.1. The van der Waals surface area contributed by atoms with Gasteiger partial charge in [-0.2, -0.15) is 13.2 Å². The van der Waals surface area contributed by atoms with E-state index >= 15 is 0 Å². The standard InChI is InChI=1S/C19H22F3N3O2S/c1-3-4-5-10-25(11-16(26)24-18-23-13(2)12-28-18)17(27)14-6-8-15(9-7-14)19(20,21)22/h6-9,12H,3-5,10-11H2,1-2H3,(H,23,24,26). The largest absolute Gasteiger partial charge is 0.416 e. The average molecular weight is 413 g/mol. The van der Waals surface area contributed by atoms with E-state index in [4.69, 9.17) is 0 Å². The van der Waals surface area contributed by atoms with E-state index in [1.807, 2.05) is 6.92 Å². The SMILES string of the molecule is CCCCCN(CC(=O)Nc1nc(C)cs1)C(=O)c1ccc(C(F)(F)F)cc1. The van der Waals surface area contributed by atoms with Crippen molar-refractivity contribution < 1.29 is 22.8 Å². The Morgan fingerprint density at radius 2 is 1.86 bits per heavy atom. The third kappa shape index (κ3) is 6.33. The van der Waals surface area contributed by atoms with Gasteiger partial charge >= 0.3 is 6.18 Å². The molecule has 1 aromatic carbocycles. The van der Waals surface area contributed by atoms with Crippen molar-refractivity contribution in [2.24, 2.45) is 0 Å². The van der Waals surface area contributed by atoms with Gasteiger partial charge in [-0.15, -0.1) is 11.3 Å². The van der Waals surface area contributed by atoms with Crippen LogP contribution in [0.25, 0.3) is 0 Å². The third-order valence-corrected chi connectivity index (χ3v) is 4.85. The van der Waals surface area contributed by atoms with Gasteiger partial charge in [0, 0.05) is 17.5 Å². The second-order valence-electron chi connectivity index (χ2n) is 6.35. The van der Waals surface area contributed by atoms with Crippen LogP contribution in [0.2, 0.25) is 0 Å². The molecule has 0 saturated carbocycles. The molecular formula is C19H22F3N3O2S. The summed E-state index contributed by atoms with van der Waals surface area (Å²) in [7, 11) is 0. The van der Waals surface area contributed by atoms with Crippen LogP contribution in [0, 0.1) is 6.92 Å². The number of alkyl halides is 3. The fourth-order valence-electron chi connectivity index (χ4n) is 2.53. The van der Waals surface area contributed by atoms with Crippen molar-refractivity contribution in [1.82, 2.24) is 9.88 Å². The first-order valence-electron chi connectivity index (χ1n) is 8.89. The molecule has 0 fully saturated rings. The molecule has 2 aromatic rings. The molecule has 152 valence electrons. The first kappa shape index (κ1) is 21.9. The molecule has 0 radical (unpaired) electrons. The van der Waals surface area contributed by atoms with Crippen molar-refractivity contribution >= 4 is 28.3 Å². The Labute approximate surface area is 165 Å². The molecule has 1 N–H and O–H groups in total. The van der Waals surface area contributed by atoms with Gasteiger partial charge in [0.15, 0.2) is 5.13 Å². The molecule has 0 atom stereocenters. The van der Waals surface area contributed by atoms with E-state index in [1.54, 1.807) is 12.3 Å². The predicted octanol–water partition coefficient (Wildman–Crippen LogP) is 4.74. The van der Waals surface area contributed by atoms with Crippen LogP contribution < -0.4 is 5.32 Å². The van der Waals surface area contributed by atoms with Crippen LogP contribution in [-0.4, -0.2) is 34.8 Å². The lowest BCUT2D eigenvalue weighted by molar-refractivity contribution is -0.137. The normalized spacial score (nSPS) is 11.3. The van der Waals surface area contributed by atoms with E-state index in [0.717, 1.165) is 42.8 Å². The molecule has 0 unspecified atom stereocenters. The Kier molecular flexibility index (Phi) is 7.56. The number of hydrogen-bond donors (Lipinski definition) is 1. The molecule has 1 aromatic heterocycles. The molecule has 2 amide bonds. The average Bonchev–Trinajstić information content (AvgIpc) is 3.04. The number of aromatic nitrogens is 1. The highest BCUT2D eigenvalue weighted by Crippen LogP contribution is 2.29. The summed E-state index contributed by atoms with van der Waals surface area (Å²) >= 11 is 1.28. The Hall–Kier alpha value is -2.42. The number of benzene rings is 1. The molecular weight excluding hydrogens is 391 g/mol. The van der Waals surface area contributed by atoms with E-state index in [0.29, 0.717) is 18.1 Å². The summed E-state index contributed by atoms with van der Waals surface area (Å²) in [5.41, 5.74) is 0.0711. The van der Waals surface area contributed by atoms with Crippen molar-refractivity contribution in [3.63, 3.8) is 0 Å². The van der Waals surface area contributed by atoms with Gasteiger partial charge in [-0.1, -0.05) is 19.8 Å². The van der Waals surface area contributed by atoms with Crippen molar-refractivity contribution in [2.45, 2.75) is 39.3 Å². The Balaban J connectivity index is 2.09. The quantitative estimate of drug-likeness (QED) is 0.636. The minimum atomic E-state index is -4.46. The first-order valence-corrected chi connectivity index (χ1v) is 9.77. The molecule has 28 heavy (non-hydrogen) atoms. The lowest BCUT2D eigenvalue weighted by Crippen LogP contribution is -2.38. The van der Waals surface area contributed by atoms with Crippen molar-refractivity contribution in [3.8, 4) is 0 Å². The monoisotopic (exact) mass is 413 g/mol. The van der Waals surface area contributed by atoms with Crippen LogP contribution in [0.4, 0.5) is 18.3 Å². The topological polar surface area (TPSA) is 62.3 Å². The minimum Gasteiger partial charge on any atom is -0.329 e. The van der Waals surface area contributed by atoms with Gasteiger partial charge in [0.1, 0.15) is 6.54 Å². The zero-order valence-corrected chi connectivity index (χ0v) is 16.5. The van der Waals surface area contributed by atoms with Crippen LogP contribution >= 0.6 is 11.3 Å². The molecule has 9 heteroatoms. The Morgan fingerprint density at radius 3 is 2.39 bits per heavy atom. The number of rotatable bonds is 8. The zero-order valence-electron chi connectivity index (χ0n) is 15.7. The zero-order chi connectivity index (χ0) is 20.7. The van der Waals surface area contributed by atoms with Gasteiger partial charge in [-0.25, -0.2) is 4.98 Å². The summed E-state index contributed by atoms with van der Waals surface area (Å²) in [6, 6.07) is 4.02. The molecule has 0 spiro atoms. The molecule has 0 aliphatic carbocycles. The number of carbonyl (C=O) groups is 2. The van der Waals surface area contributed by atoms with E-state index in [2.05, 4.69) is 10.3 Å². The van der Waals surface area contributed by atoms with E-state index in [1.165, 1.54) is 16.2 Å². The molecule has 0 bridgehead atoms. The van der Waals surface area contributed by atoms with Crippen LogP contribution in [0.1, 0.15) is 47.8 Å². The van der Waals surface area contributed by atoms with E-state index in [9.17, 15) is 22.8 Å². The maximum Gasteiger partial charge on any atom is 0.416 e.